The van der Waals surface area contributed by atoms with E-state index in [1.807, 2.05) is 0 Å². The van der Waals surface area contributed by atoms with Gasteiger partial charge < -0.3 is 9.53 Å². The molecule has 0 saturated heterocycles. The molecule has 0 aliphatic carbocycles. The molecule has 3 heteroatoms. The summed E-state index contributed by atoms with van der Waals surface area (Å²) in [5.74, 6) is -0.258. The Bertz CT molecular complexity index is 194. The van der Waals surface area contributed by atoms with Crippen molar-refractivity contribution in [1.82, 2.24) is 0 Å². The van der Waals surface area contributed by atoms with Crippen LogP contribution in [-0.2, 0) is 14.3 Å². The summed E-state index contributed by atoms with van der Waals surface area (Å²) in [4.78, 5) is 21.3. The van der Waals surface area contributed by atoms with E-state index in [1.165, 1.54) is 14.0 Å². The molecule has 0 amide bonds. The lowest BCUT2D eigenvalue weighted by Gasteiger charge is -2.01. The van der Waals surface area contributed by atoms with Crippen LogP contribution in [0.15, 0.2) is 12.2 Å². The molecule has 0 aromatic heterocycles. The first-order valence-electron chi connectivity index (χ1n) is 3.83. The SMILES string of the molecule is C=C(CCCC(C)=O)C(=O)OC. The summed E-state index contributed by atoms with van der Waals surface area (Å²) in [6, 6.07) is 0. The van der Waals surface area contributed by atoms with E-state index in [9.17, 15) is 9.59 Å². The second-order valence-corrected chi connectivity index (χ2v) is 2.65. The van der Waals surface area contributed by atoms with Crippen LogP contribution in [0.5, 0.6) is 0 Å². The van der Waals surface area contributed by atoms with E-state index >= 15 is 0 Å². The predicted molar refractivity (Wildman–Crippen MR) is 45.7 cm³/mol. The third kappa shape index (κ3) is 4.66. The monoisotopic (exact) mass is 170 g/mol. The van der Waals surface area contributed by atoms with Crippen LogP contribution in [0.2, 0.25) is 0 Å². The van der Waals surface area contributed by atoms with Crippen LogP contribution >= 0.6 is 0 Å². The van der Waals surface area contributed by atoms with Gasteiger partial charge in [-0.05, 0) is 19.8 Å². The summed E-state index contributed by atoms with van der Waals surface area (Å²) in [6.07, 6.45) is 1.70. The molecule has 0 aromatic rings. The molecule has 0 unspecified atom stereocenters. The van der Waals surface area contributed by atoms with Crippen LogP contribution in [0, 0.1) is 0 Å². The second kappa shape index (κ2) is 5.52. The van der Waals surface area contributed by atoms with Crippen molar-refractivity contribution in [2.45, 2.75) is 26.2 Å². The minimum Gasteiger partial charge on any atom is -0.466 e. The van der Waals surface area contributed by atoms with Crippen molar-refractivity contribution in [2.75, 3.05) is 7.11 Å². The summed E-state index contributed by atoms with van der Waals surface area (Å²) in [6.45, 7) is 5.07. The average Bonchev–Trinajstić information content (AvgIpc) is 2.02. The number of methoxy groups -OCH3 is 1. The standard InChI is InChI=1S/C9H14O3/c1-7(9(11)12-3)5-4-6-8(2)10/h1,4-6H2,2-3H3. The number of hydrogen-bond donors (Lipinski definition) is 0. The summed E-state index contributed by atoms with van der Waals surface area (Å²) < 4.78 is 4.45. The maximum Gasteiger partial charge on any atom is 0.333 e. The van der Waals surface area contributed by atoms with E-state index in [-0.39, 0.29) is 5.78 Å². The third-order valence-corrected chi connectivity index (χ3v) is 1.48. The minimum atomic E-state index is -0.390. The molecular formula is C9H14O3. The number of ketones is 1. The van der Waals surface area contributed by atoms with Gasteiger partial charge in [0.2, 0.25) is 0 Å². The van der Waals surface area contributed by atoms with Gasteiger partial charge in [-0.15, -0.1) is 0 Å². The van der Waals surface area contributed by atoms with Crippen molar-refractivity contribution in [2.24, 2.45) is 0 Å². The first-order chi connectivity index (χ1) is 5.57. The number of carbonyl (C=O) groups excluding carboxylic acids is 2. The molecule has 0 N–H and O–H groups in total. The Hall–Kier alpha value is -1.12. The zero-order valence-electron chi connectivity index (χ0n) is 7.55. The van der Waals surface area contributed by atoms with Gasteiger partial charge in [0.15, 0.2) is 0 Å². The van der Waals surface area contributed by atoms with Crippen LogP contribution < -0.4 is 0 Å². The van der Waals surface area contributed by atoms with Crippen molar-refractivity contribution in [3.63, 3.8) is 0 Å². The van der Waals surface area contributed by atoms with Gasteiger partial charge in [-0.2, -0.15) is 0 Å². The van der Waals surface area contributed by atoms with Gasteiger partial charge in [-0.25, -0.2) is 4.79 Å². The predicted octanol–water partition coefficient (Wildman–Crippen LogP) is 1.47. The van der Waals surface area contributed by atoms with Crippen molar-refractivity contribution in [3.05, 3.63) is 12.2 Å². The molecule has 0 radical (unpaired) electrons. The Morgan fingerprint density at radius 2 is 1.92 bits per heavy atom. The number of hydrogen-bond acceptors (Lipinski definition) is 3. The van der Waals surface area contributed by atoms with Crippen molar-refractivity contribution in [3.8, 4) is 0 Å². The topological polar surface area (TPSA) is 43.4 Å². The van der Waals surface area contributed by atoms with Gasteiger partial charge in [-0.1, -0.05) is 6.58 Å². The number of ether oxygens (including phenoxy) is 1. The maximum atomic E-state index is 10.8. The molecule has 0 aliphatic rings. The summed E-state index contributed by atoms with van der Waals surface area (Å²) in [5, 5.41) is 0. The van der Waals surface area contributed by atoms with Crippen LogP contribution in [0.25, 0.3) is 0 Å². The smallest absolute Gasteiger partial charge is 0.333 e. The molecule has 0 spiro atoms. The molecule has 0 aliphatic heterocycles. The van der Waals surface area contributed by atoms with E-state index in [4.69, 9.17) is 0 Å². The van der Waals surface area contributed by atoms with E-state index in [0.29, 0.717) is 24.8 Å². The summed E-state index contributed by atoms with van der Waals surface area (Å²) in [7, 11) is 1.32. The lowest BCUT2D eigenvalue weighted by atomic mass is 10.1. The number of Topliss-reactive ketones (excluding diaryl/α,β-unsaturated/α-hetero) is 1. The van der Waals surface area contributed by atoms with Crippen LogP contribution in [-0.4, -0.2) is 18.9 Å². The lowest BCUT2D eigenvalue weighted by Crippen LogP contribution is -2.03. The Labute approximate surface area is 72.4 Å². The van der Waals surface area contributed by atoms with E-state index in [1.54, 1.807) is 0 Å². The highest BCUT2D eigenvalue weighted by molar-refractivity contribution is 5.87. The first-order valence-corrected chi connectivity index (χ1v) is 3.83. The molecule has 0 atom stereocenters. The van der Waals surface area contributed by atoms with Gasteiger partial charge in [0.05, 0.1) is 7.11 Å². The molecule has 0 rings (SSSR count). The van der Waals surface area contributed by atoms with Gasteiger partial charge >= 0.3 is 5.97 Å². The Kier molecular flexibility index (Phi) is 5.00. The average molecular weight is 170 g/mol. The zero-order valence-corrected chi connectivity index (χ0v) is 7.55. The Morgan fingerprint density at radius 3 is 2.33 bits per heavy atom. The highest BCUT2D eigenvalue weighted by atomic mass is 16.5. The molecule has 0 aromatic carbocycles. The number of rotatable bonds is 5. The Morgan fingerprint density at radius 1 is 1.33 bits per heavy atom. The van der Waals surface area contributed by atoms with Crippen LogP contribution in [0.3, 0.4) is 0 Å². The van der Waals surface area contributed by atoms with Crippen LogP contribution in [0.1, 0.15) is 26.2 Å². The largest absolute Gasteiger partial charge is 0.466 e. The van der Waals surface area contributed by atoms with Gasteiger partial charge in [-0.3, -0.25) is 0 Å². The lowest BCUT2D eigenvalue weighted by molar-refractivity contribution is -0.136. The van der Waals surface area contributed by atoms with Crippen molar-refractivity contribution >= 4 is 11.8 Å². The minimum absolute atomic E-state index is 0.132. The van der Waals surface area contributed by atoms with Crippen LogP contribution in [0.4, 0.5) is 0 Å². The summed E-state index contributed by atoms with van der Waals surface area (Å²) >= 11 is 0. The molecule has 0 bridgehead atoms. The maximum absolute atomic E-state index is 10.8. The molecule has 12 heavy (non-hydrogen) atoms. The van der Waals surface area contributed by atoms with Gasteiger partial charge in [0.1, 0.15) is 5.78 Å². The number of carbonyl (C=O) groups is 2. The summed E-state index contributed by atoms with van der Waals surface area (Å²) in [5.41, 5.74) is 0.429. The van der Waals surface area contributed by atoms with E-state index in [0.717, 1.165) is 0 Å². The highest BCUT2D eigenvalue weighted by Gasteiger charge is 2.05. The van der Waals surface area contributed by atoms with Crippen molar-refractivity contribution < 1.29 is 14.3 Å². The fourth-order valence-electron chi connectivity index (χ4n) is 0.797. The third-order valence-electron chi connectivity index (χ3n) is 1.48. The van der Waals surface area contributed by atoms with E-state index in [2.05, 4.69) is 11.3 Å². The van der Waals surface area contributed by atoms with Gasteiger partial charge in [0.25, 0.3) is 0 Å². The molecule has 0 heterocycles. The van der Waals surface area contributed by atoms with Gasteiger partial charge in [0, 0.05) is 12.0 Å². The fraction of sp³-hybridized carbons (Fsp3) is 0.556. The zero-order chi connectivity index (χ0) is 9.56. The molecule has 0 fully saturated rings. The van der Waals surface area contributed by atoms with E-state index < -0.39 is 5.97 Å². The molecular weight excluding hydrogens is 156 g/mol. The second-order valence-electron chi connectivity index (χ2n) is 2.65. The molecule has 0 saturated carbocycles. The first kappa shape index (κ1) is 10.9. The van der Waals surface area contributed by atoms with Crippen molar-refractivity contribution in [1.29, 1.82) is 0 Å². The quantitative estimate of drug-likeness (QED) is 0.463. The number of esters is 1. The Balaban J connectivity index is 3.58. The fourth-order valence-corrected chi connectivity index (χ4v) is 0.797. The molecule has 68 valence electrons. The highest BCUT2D eigenvalue weighted by Crippen LogP contribution is 2.06. The molecule has 3 nitrogen and oxygen atoms in total. The normalized spacial score (nSPS) is 9.17.